The van der Waals surface area contributed by atoms with Crippen molar-refractivity contribution in [2.45, 2.75) is 25.6 Å². The van der Waals surface area contributed by atoms with Gasteiger partial charge in [-0.05, 0) is 17.7 Å². The molecule has 0 bridgehead atoms. The molecule has 1 unspecified atom stereocenters. The van der Waals surface area contributed by atoms with Gasteiger partial charge in [0.15, 0.2) is 0 Å². The van der Waals surface area contributed by atoms with Crippen molar-refractivity contribution in [2.24, 2.45) is 7.05 Å². The lowest BCUT2D eigenvalue weighted by Crippen LogP contribution is -2.36. The molecule has 130 valence electrons. The molecule has 1 saturated heterocycles. The van der Waals surface area contributed by atoms with Gasteiger partial charge in [0.05, 0.1) is 19.5 Å². The number of carbonyl (C=O) groups is 3. The van der Waals surface area contributed by atoms with Crippen LogP contribution in [0, 0.1) is 0 Å². The minimum Gasteiger partial charge on any atom is -0.353 e. The van der Waals surface area contributed by atoms with Crippen LogP contribution in [0.4, 0.5) is 4.79 Å². The Labute approximate surface area is 145 Å². The van der Waals surface area contributed by atoms with Gasteiger partial charge in [0.2, 0.25) is 5.91 Å². The average Bonchev–Trinajstić information content (AvgIpc) is 3.12. The van der Waals surface area contributed by atoms with Gasteiger partial charge in [-0.25, -0.2) is 4.79 Å². The molecule has 25 heavy (non-hydrogen) atoms. The van der Waals surface area contributed by atoms with Crippen molar-refractivity contribution in [3.8, 4) is 0 Å². The summed E-state index contributed by atoms with van der Waals surface area (Å²) < 4.78 is 1.91. The Bertz CT molecular complexity index is 785. The van der Waals surface area contributed by atoms with Crippen molar-refractivity contribution in [1.82, 2.24) is 20.1 Å². The largest absolute Gasteiger partial charge is 0.353 e. The molecule has 4 amide bonds. The van der Waals surface area contributed by atoms with Crippen molar-refractivity contribution < 1.29 is 14.4 Å². The maximum absolute atomic E-state index is 12.4. The summed E-state index contributed by atoms with van der Waals surface area (Å²) in [7, 11) is 1.89. The van der Waals surface area contributed by atoms with Gasteiger partial charge in [-0.15, -0.1) is 0 Å². The normalized spacial score (nSPS) is 16.8. The Morgan fingerprint density at radius 2 is 1.92 bits per heavy atom. The van der Waals surface area contributed by atoms with E-state index in [1.54, 1.807) is 0 Å². The number of amides is 4. The zero-order chi connectivity index (χ0) is 17.8. The van der Waals surface area contributed by atoms with Gasteiger partial charge < -0.3 is 15.2 Å². The number of carbonyl (C=O) groups excluding carboxylic acids is 3. The molecule has 0 saturated carbocycles. The van der Waals surface area contributed by atoms with E-state index in [9.17, 15) is 14.4 Å². The number of aromatic nitrogens is 1. The van der Waals surface area contributed by atoms with Crippen LogP contribution in [-0.2, 0) is 29.7 Å². The van der Waals surface area contributed by atoms with Gasteiger partial charge in [0.25, 0.3) is 5.91 Å². The van der Waals surface area contributed by atoms with E-state index in [-0.39, 0.29) is 24.8 Å². The molecule has 1 aliphatic heterocycles. The van der Waals surface area contributed by atoms with Crippen LogP contribution in [0.1, 0.15) is 17.7 Å². The van der Waals surface area contributed by atoms with E-state index in [0.717, 1.165) is 16.2 Å². The predicted octanol–water partition coefficient (Wildman–Crippen LogP) is 1.15. The summed E-state index contributed by atoms with van der Waals surface area (Å²) in [5.41, 5.74) is 1.82. The fraction of sp³-hybridized carbons (Fsp3) is 0.278. The third kappa shape index (κ3) is 3.88. The molecule has 1 atom stereocenters. The first-order valence-corrected chi connectivity index (χ1v) is 8.07. The molecule has 1 aromatic carbocycles. The van der Waals surface area contributed by atoms with Crippen molar-refractivity contribution in [3.05, 3.63) is 59.9 Å². The Kier molecular flexibility index (Phi) is 4.83. The first-order valence-electron chi connectivity index (χ1n) is 8.07. The van der Waals surface area contributed by atoms with Crippen LogP contribution in [0.2, 0.25) is 0 Å². The third-order valence-corrected chi connectivity index (χ3v) is 4.20. The van der Waals surface area contributed by atoms with Crippen LogP contribution < -0.4 is 10.6 Å². The minimum atomic E-state index is -0.815. The van der Waals surface area contributed by atoms with E-state index in [4.69, 9.17) is 0 Å². The number of aryl methyl sites for hydroxylation is 1. The second-order valence-corrected chi connectivity index (χ2v) is 6.00. The number of nitrogens with one attached hydrogen (secondary N) is 2. The Morgan fingerprint density at radius 1 is 1.16 bits per heavy atom. The first-order chi connectivity index (χ1) is 12.0. The fourth-order valence-electron chi connectivity index (χ4n) is 2.76. The molecule has 0 radical (unpaired) electrons. The zero-order valence-electron chi connectivity index (χ0n) is 13.9. The van der Waals surface area contributed by atoms with Crippen LogP contribution in [0.25, 0.3) is 0 Å². The lowest BCUT2D eigenvalue weighted by molar-refractivity contribution is -0.131. The number of rotatable bonds is 6. The Hall–Kier alpha value is -3.09. The number of hydrogen-bond acceptors (Lipinski definition) is 3. The molecule has 1 aliphatic rings. The van der Waals surface area contributed by atoms with E-state index in [0.29, 0.717) is 6.54 Å². The van der Waals surface area contributed by atoms with Crippen molar-refractivity contribution in [1.29, 1.82) is 0 Å². The summed E-state index contributed by atoms with van der Waals surface area (Å²) in [5, 5.41) is 5.35. The first kappa shape index (κ1) is 16.8. The van der Waals surface area contributed by atoms with Crippen LogP contribution >= 0.6 is 0 Å². The van der Waals surface area contributed by atoms with Gasteiger partial charge in [-0.1, -0.05) is 30.3 Å². The molecule has 3 rings (SSSR count). The molecule has 0 aliphatic carbocycles. The van der Waals surface area contributed by atoms with E-state index < -0.39 is 12.1 Å². The van der Waals surface area contributed by atoms with E-state index in [2.05, 4.69) is 10.6 Å². The van der Waals surface area contributed by atoms with Gasteiger partial charge in [0.1, 0.15) is 6.04 Å². The van der Waals surface area contributed by atoms with Crippen molar-refractivity contribution in [2.75, 3.05) is 0 Å². The zero-order valence-corrected chi connectivity index (χ0v) is 13.9. The number of urea groups is 1. The van der Waals surface area contributed by atoms with Gasteiger partial charge in [-0.3, -0.25) is 14.5 Å². The Balaban J connectivity index is 1.54. The second-order valence-electron chi connectivity index (χ2n) is 6.00. The van der Waals surface area contributed by atoms with Gasteiger partial charge in [-0.2, -0.15) is 0 Å². The predicted molar refractivity (Wildman–Crippen MR) is 91.2 cm³/mol. The monoisotopic (exact) mass is 340 g/mol. The molecule has 2 N–H and O–H groups in total. The molecule has 7 nitrogen and oxygen atoms in total. The van der Waals surface area contributed by atoms with Crippen molar-refractivity contribution >= 4 is 17.8 Å². The number of imide groups is 1. The molecule has 2 heterocycles. The maximum Gasteiger partial charge on any atom is 0.325 e. The lowest BCUT2D eigenvalue weighted by Gasteiger charge is -2.13. The van der Waals surface area contributed by atoms with Crippen LogP contribution in [0.3, 0.4) is 0 Å². The average molecular weight is 340 g/mol. The smallest absolute Gasteiger partial charge is 0.325 e. The summed E-state index contributed by atoms with van der Waals surface area (Å²) in [6.07, 6.45) is 1.82. The summed E-state index contributed by atoms with van der Waals surface area (Å²) in [6, 6.07) is 11.8. The SMILES string of the molecule is Cn1cccc1CNC(=O)CC1NC(=O)N(Cc2ccccc2)C1=O. The topological polar surface area (TPSA) is 83.4 Å². The molecule has 1 fully saturated rings. The van der Waals surface area contributed by atoms with Crippen molar-refractivity contribution in [3.63, 3.8) is 0 Å². The number of hydrogen-bond donors (Lipinski definition) is 2. The van der Waals surface area contributed by atoms with Crippen LogP contribution in [-0.4, -0.2) is 33.4 Å². The molecule has 2 aromatic rings. The highest BCUT2D eigenvalue weighted by Crippen LogP contribution is 2.14. The summed E-state index contributed by atoms with van der Waals surface area (Å²) >= 11 is 0. The number of nitrogens with zero attached hydrogens (tertiary/aromatic N) is 2. The summed E-state index contributed by atoms with van der Waals surface area (Å²) in [6.45, 7) is 0.581. The molecule has 7 heteroatoms. The summed E-state index contributed by atoms with van der Waals surface area (Å²) in [5.74, 6) is -0.649. The second kappa shape index (κ2) is 7.21. The van der Waals surface area contributed by atoms with E-state index in [1.165, 1.54) is 0 Å². The van der Waals surface area contributed by atoms with Gasteiger partial charge in [0, 0.05) is 18.9 Å². The van der Waals surface area contributed by atoms with Gasteiger partial charge >= 0.3 is 6.03 Å². The van der Waals surface area contributed by atoms with Crippen LogP contribution in [0.15, 0.2) is 48.7 Å². The van der Waals surface area contributed by atoms with Crippen LogP contribution in [0.5, 0.6) is 0 Å². The molecular weight excluding hydrogens is 320 g/mol. The number of benzene rings is 1. The lowest BCUT2D eigenvalue weighted by atomic mass is 10.1. The maximum atomic E-state index is 12.4. The highest BCUT2D eigenvalue weighted by molar-refractivity contribution is 6.05. The quantitative estimate of drug-likeness (QED) is 0.774. The fourth-order valence-corrected chi connectivity index (χ4v) is 2.76. The molecule has 0 spiro atoms. The minimum absolute atomic E-state index is 0.0692. The van der Waals surface area contributed by atoms with E-state index in [1.807, 2.05) is 60.3 Å². The third-order valence-electron chi connectivity index (χ3n) is 4.20. The standard InChI is InChI=1S/C18H20N4O3/c1-21-9-5-8-14(21)11-19-16(23)10-15-17(24)22(18(25)20-15)12-13-6-3-2-4-7-13/h2-9,15H,10-12H2,1H3,(H,19,23)(H,20,25). The highest BCUT2D eigenvalue weighted by atomic mass is 16.2. The Morgan fingerprint density at radius 3 is 2.60 bits per heavy atom. The molecular formula is C18H20N4O3. The highest BCUT2D eigenvalue weighted by Gasteiger charge is 2.38. The van der Waals surface area contributed by atoms with E-state index >= 15 is 0 Å². The molecule has 1 aromatic heterocycles. The summed E-state index contributed by atoms with van der Waals surface area (Å²) in [4.78, 5) is 37.7.